The number of fused-ring (bicyclic) bond motifs is 1. The van der Waals surface area contributed by atoms with E-state index in [9.17, 15) is 9.18 Å². The van der Waals surface area contributed by atoms with Crippen LogP contribution in [0.4, 0.5) is 4.39 Å². The zero-order valence-corrected chi connectivity index (χ0v) is 9.10. The average Bonchev–Trinajstić information content (AvgIpc) is 2.51. The molecule has 0 saturated carbocycles. The van der Waals surface area contributed by atoms with Crippen molar-refractivity contribution in [2.75, 3.05) is 0 Å². The minimum atomic E-state index is -0.529. The van der Waals surface area contributed by atoms with E-state index in [1.807, 2.05) is 6.92 Å². The van der Waals surface area contributed by atoms with Gasteiger partial charge in [0.05, 0.1) is 5.56 Å². The molecule has 0 radical (unpaired) electrons. The first-order valence-electron chi connectivity index (χ1n) is 4.34. The van der Waals surface area contributed by atoms with Gasteiger partial charge >= 0.3 is 0 Å². The highest BCUT2D eigenvalue weighted by atomic mass is 79.9. The third kappa shape index (κ3) is 1.25. The predicted octanol–water partition coefficient (Wildman–Crippen LogP) is 2.94. The van der Waals surface area contributed by atoms with Crippen molar-refractivity contribution in [3.63, 3.8) is 0 Å². The topological polar surface area (TPSA) is 26.3 Å². The first kappa shape index (κ1) is 9.65. The summed E-state index contributed by atoms with van der Waals surface area (Å²) >= 11 is 3.21. The predicted molar refractivity (Wildman–Crippen MR) is 53.1 cm³/mol. The molecule has 0 bridgehead atoms. The van der Waals surface area contributed by atoms with Crippen LogP contribution in [0.5, 0.6) is 5.75 Å². The van der Waals surface area contributed by atoms with Gasteiger partial charge in [0.1, 0.15) is 0 Å². The van der Waals surface area contributed by atoms with Crippen LogP contribution < -0.4 is 4.74 Å². The van der Waals surface area contributed by atoms with Gasteiger partial charge in [-0.1, -0.05) is 6.92 Å². The lowest BCUT2D eigenvalue weighted by atomic mass is 10.1. The average molecular weight is 259 g/mol. The van der Waals surface area contributed by atoms with Crippen LogP contribution in [0.15, 0.2) is 16.6 Å². The fourth-order valence-corrected chi connectivity index (χ4v) is 2.01. The Labute approximate surface area is 89.2 Å². The number of benzene rings is 1. The summed E-state index contributed by atoms with van der Waals surface area (Å²) in [6.07, 6.45) is 0.0255. The number of ether oxygens (including phenoxy) is 1. The SMILES string of the molecule is CCC1Oc2c(F)ccc(Br)c2C1=O. The molecule has 1 aromatic rings. The van der Waals surface area contributed by atoms with Crippen LogP contribution in [0.2, 0.25) is 0 Å². The lowest BCUT2D eigenvalue weighted by molar-refractivity contribution is 0.0850. The summed E-state index contributed by atoms with van der Waals surface area (Å²) in [7, 11) is 0. The lowest BCUT2D eigenvalue weighted by Crippen LogP contribution is -2.18. The molecule has 0 aromatic heterocycles. The maximum Gasteiger partial charge on any atom is 0.208 e. The molecule has 14 heavy (non-hydrogen) atoms. The second kappa shape index (κ2) is 3.35. The second-order valence-electron chi connectivity index (χ2n) is 3.11. The van der Waals surface area contributed by atoms with Crippen molar-refractivity contribution in [1.29, 1.82) is 0 Å². The monoisotopic (exact) mass is 258 g/mol. The maximum atomic E-state index is 13.3. The Morgan fingerprint density at radius 3 is 2.86 bits per heavy atom. The van der Waals surface area contributed by atoms with Crippen LogP contribution in [-0.4, -0.2) is 11.9 Å². The van der Waals surface area contributed by atoms with Crippen molar-refractivity contribution < 1.29 is 13.9 Å². The highest BCUT2D eigenvalue weighted by molar-refractivity contribution is 9.10. The fourth-order valence-electron chi connectivity index (χ4n) is 1.50. The summed E-state index contributed by atoms with van der Waals surface area (Å²) < 4.78 is 19.1. The van der Waals surface area contributed by atoms with E-state index in [1.165, 1.54) is 12.1 Å². The van der Waals surface area contributed by atoms with Gasteiger partial charge in [0.25, 0.3) is 0 Å². The fraction of sp³-hybridized carbons (Fsp3) is 0.300. The second-order valence-corrected chi connectivity index (χ2v) is 3.97. The number of hydrogen-bond acceptors (Lipinski definition) is 2. The van der Waals surface area contributed by atoms with Crippen molar-refractivity contribution in [1.82, 2.24) is 0 Å². The minimum Gasteiger partial charge on any atom is -0.478 e. The first-order chi connectivity index (χ1) is 6.65. The molecule has 0 fully saturated rings. The third-order valence-corrected chi connectivity index (χ3v) is 2.89. The summed E-state index contributed by atoms with van der Waals surface area (Å²) in [6, 6.07) is 2.81. The minimum absolute atomic E-state index is 0.0798. The Balaban J connectivity index is 2.58. The Morgan fingerprint density at radius 1 is 1.57 bits per heavy atom. The summed E-state index contributed by atoms with van der Waals surface area (Å²) in [5, 5.41) is 0. The van der Waals surface area contributed by atoms with E-state index < -0.39 is 11.9 Å². The van der Waals surface area contributed by atoms with Gasteiger partial charge in [0, 0.05) is 4.47 Å². The number of halogens is 2. The van der Waals surface area contributed by atoms with Crippen LogP contribution >= 0.6 is 15.9 Å². The van der Waals surface area contributed by atoms with Crippen molar-refractivity contribution in [2.45, 2.75) is 19.4 Å². The highest BCUT2D eigenvalue weighted by Crippen LogP contribution is 2.37. The van der Waals surface area contributed by atoms with Crippen molar-refractivity contribution in [2.24, 2.45) is 0 Å². The van der Waals surface area contributed by atoms with Crippen LogP contribution in [0.3, 0.4) is 0 Å². The Morgan fingerprint density at radius 2 is 2.29 bits per heavy atom. The number of rotatable bonds is 1. The van der Waals surface area contributed by atoms with Gasteiger partial charge in [-0.3, -0.25) is 4.79 Å². The number of hydrogen-bond donors (Lipinski definition) is 0. The molecule has 4 heteroatoms. The van der Waals surface area contributed by atoms with Gasteiger partial charge in [-0.2, -0.15) is 0 Å². The summed E-state index contributed by atoms with van der Waals surface area (Å²) in [4.78, 5) is 11.7. The number of Topliss-reactive ketones (excluding diaryl/α,β-unsaturated/α-hetero) is 1. The van der Waals surface area contributed by atoms with Crippen LogP contribution in [-0.2, 0) is 0 Å². The van der Waals surface area contributed by atoms with Crippen molar-refractivity contribution in [3.05, 3.63) is 28.0 Å². The van der Waals surface area contributed by atoms with Gasteiger partial charge in [-0.15, -0.1) is 0 Å². The molecule has 1 aliphatic heterocycles. The highest BCUT2D eigenvalue weighted by Gasteiger charge is 2.35. The van der Waals surface area contributed by atoms with Gasteiger partial charge < -0.3 is 4.74 Å². The quantitative estimate of drug-likeness (QED) is 0.775. The van der Waals surface area contributed by atoms with E-state index in [-0.39, 0.29) is 11.5 Å². The summed E-state index contributed by atoms with van der Waals surface area (Å²) in [5.74, 6) is -0.544. The number of carbonyl (C=O) groups excluding carboxylic acids is 1. The molecule has 74 valence electrons. The van der Waals surface area contributed by atoms with Crippen LogP contribution in [0.1, 0.15) is 23.7 Å². The van der Waals surface area contributed by atoms with Crippen molar-refractivity contribution in [3.8, 4) is 5.75 Å². The van der Waals surface area contributed by atoms with E-state index in [4.69, 9.17) is 4.74 Å². The molecule has 0 aliphatic carbocycles. The molecule has 1 aromatic carbocycles. The molecule has 2 nitrogen and oxygen atoms in total. The summed E-state index contributed by atoms with van der Waals surface area (Å²) in [5.41, 5.74) is 0.330. The molecule has 1 aliphatic rings. The normalized spacial score (nSPS) is 19.4. The van der Waals surface area contributed by atoms with Gasteiger partial charge in [0.15, 0.2) is 17.7 Å². The summed E-state index contributed by atoms with van der Waals surface area (Å²) in [6.45, 7) is 1.83. The zero-order chi connectivity index (χ0) is 10.3. The smallest absolute Gasteiger partial charge is 0.208 e. The molecule has 1 heterocycles. The molecular formula is C10H8BrFO2. The van der Waals surface area contributed by atoms with Crippen LogP contribution in [0.25, 0.3) is 0 Å². The van der Waals surface area contributed by atoms with Crippen LogP contribution in [0, 0.1) is 5.82 Å². The van der Waals surface area contributed by atoms with Gasteiger partial charge in [-0.25, -0.2) is 4.39 Å². The Kier molecular flexibility index (Phi) is 2.31. The first-order valence-corrected chi connectivity index (χ1v) is 5.13. The molecule has 2 rings (SSSR count). The molecule has 1 unspecified atom stereocenters. The van der Waals surface area contributed by atoms with Gasteiger partial charge in [0.2, 0.25) is 5.78 Å². The molecule has 0 spiro atoms. The standard InChI is InChI=1S/C10H8BrFO2/c1-2-7-9(13)8-5(11)3-4-6(12)10(8)14-7/h3-4,7H,2H2,1H3. The Bertz CT molecular complexity index is 403. The lowest BCUT2D eigenvalue weighted by Gasteiger charge is -2.04. The van der Waals surface area contributed by atoms with E-state index >= 15 is 0 Å². The number of ketones is 1. The molecule has 0 N–H and O–H groups in total. The molecule has 0 amide bonds. The maximum absolute atomic E-state index is 13.3. The van der Waals surface area contributed by atoms with E-state index in [0.29, 0.717) is 16.5 Å². The third-order valence-electron chi connectivity index (χ3n) is 2.23. The molecule has 0 saturated heterocycles. The van der Waals surface area contributed by atoms with Crippen molar-refractivity contribution >= 4 is 21.7 Å². The van der Waals surface area contributed by atoms with E-state index in [0.717, 1.165) is 0 Å². The van der Waals surface area contributed by atoms with E-state index in [2.05, 4.69) is 15.9 Å². The number of carbonyl (C=O) groups is 1. The van der Waals surface area contributed by atoms with Gasteiger partial charge in [-0.05, 0) is 34.5 Å². The van der Waals surface area contributed by atoms with E-state index in [1.54, 1.807) is 0 Å². The zero-order valence-electron chi connectivity index (χ0n) is 7.51. The molecular weight excluding hydrogens is 251 g/mol. The molecule has 1 atom stereocenters. The Hall–Kier alpha value is -0.900. The largest absolute Gasteiger partial charge is 0.478 e.